The lowest BCUT2D eigenvalue weighted by molar-refractivity contribution is -0.155. The van der Waals surface area contributed by atoms with E-state index in [-0.39, 0.29) is 38.4 Å². The van der Waals surface area contributed by atoms with Crippen molar-refractivity contribution in [3.05, 3.63) is 46.9 Å². The molecule has 9 heteroatoms. The number of carbonyl (C=O) groups excluding carboxylic acids is 2. The molecule has 8 nitrogen and oxygen atoms in total. The van der Waals surface area contributed by atoms with Crippen LogP contribution in [0, 0.1) is 0 Å². The van der Waals surface area contributed by atoms with E-state index in [4.69, 9.17) is 28.4 Å². The van der Waals surface area contributed by atoms with Crippen LogP contribution in [0.3, 0.4) is 0 Å². The monoisotopic (exact) mass is 884 g/mol. The van der Waals surface area contributed by atoms with Crippen molar-refractivity contribution in [2.45, 2.75) is 181 Å². The van der Waals surface area contributed by atoms with Crippen molar-refractivity contribution in [1.82, 2.24) is 0 Å². The summed E-state index contributed by atoms with van der Waals surface area (Å²) in [7, 11) is 0. The standard InChI is InChI=1S/C50H77BrO8/c1-5-9-13-17-21-29-47(52)58-41(36-54-33-25-19-15-11-7-3)38-56-49-43-27-23-24-28-44(43)50(46-35-40(51)31-32-45(46)49)57-39-42(37-55-34-26-20-16-12-8-4)59-48(53)30-22-18-14-10-6-2/h23-24,27-28,31-32,35,41-42H,5-22,25-26,29-30,33-34,36-39H2,1-4H3. The molecule has 0 bridgehead atoms. The predicted molar refractivity (Wildman–Crippen MR) is 246 cm³/mol. The van der Waals surface area contributed by atoms with E-state index in [1.165, 1.54) is 51.4 Å². The number of ether oxygens (including phenoxy) is 6. The summed E-state index contributed by atoms with van der Waals surface area (Å²) in [4.78, 5) is 26.1. The molecule has 0 saturated carbocycles. The van der Waals surface area contributed by atoms with E-state index in [1.807, 2.05) is 42.5 Å². The van der Waals surface area contributed by atoms with E-state index in [0.29, 0.717) is 37.6 Å². The molecule has 332 valence electrons. The summed E-state index contributed by atoms with van der Waals surface area (Å²) in [5.41, 5.74) is 0. The van der Waals surface area contributed by atoms with E-state index >= 15 is 0 Å². The molecule has 0 amide bonds. The average Bonchev–Trinajstić information content (AvgIpc) is 3.23. The van der Waals surface area contributed by atoms with Gasteiger partial charge < -0.3 is 28.4 Å². The topological polar surface area (TPSA) is 89.5 Å². The summed E-state index contributed by atoms with van der Waals surface area (Å²) >= 11 is 3.69. The third-order valence-corrected chi connectivity index (χ3v) is 11.2. The Morgan fingerprint density at radius 2 is 0.864 bits per heavy atom. The van der Waals surface area contributed by atoms with Gasteiger partial charge in [-0.05, 0) is 43.9 Å². The van der Waals surface area contributed by atoms with E-state index < -0.39 is 12.2 Å². The van der Waals surface area contributed by atoms with Crippen LogP contribution < -0.4 is 9.47 Å². The SMILES string of the molecule is CCCCCCCOCC(COc1c2ccccc2c(OCC(COCCCCCCC)OC(=O)CCCCCCC)c2cc(Br)ccc12)OC(=O)CCCCCCC. The van der Waals surface area contributed by atoms with Crippen LogP contribution in [0.1, 0.15) is 169 Å². The number of fused-ring (bicyclic) bond motifs is 2. The normalized spacial score (nSPS) is 12.5. The summed E-state index contributed by atoms with van der Waals surface area (Å²) in [6, 6.07) is 14.1. The Morgan fingerprint density at radius 3 is 1.31 bits per heavy atom. The third kappa shape index (κ3) is 20.5. The summed E-state index contributed by atoms with van der Waals surface area (Å²) in [6.45, 7) is 10.9. The molecule has 0 aromatic heterocycles. The second-order valence-corrected chi connectivity index (χ2v) is 17.0. The number of halogens is 1. The Hall–Kier alpha value is -2.88. The Morgan fingerprint density at radius 1 is 0.475 bits per heavy atom. The average molecular weight is 886 g/mol. The summed E-state index contributed by atoms with van der Waals surface area (Å²) in [6.07, 6.45) is 21.8. The number of benzene rings is 3. The highest BCUT2D eigenvalue weighted by Crippen LogP contribution is 2.44. The van der Waals surface area contributed by atoms with Gasteiger partial charge in [-0.2, -0.15) is 0 Å². The third-order valence-electron chi connectivity index (χ3n) is 10.7. The Balaban J connectivity index is 1.82. The molecule has 0 heterocycles. The first-order valence-electron chi connectivity index (χ1n) is 23.4. The van der Waals surface area contributed by atoms with Crippen LogP contribution in [-0.4, -0.2) is 63.8 Å². The molecule has 0 saturated heterocycles. The van der Waals surface area contributed by atoms with Crippen molar-refractivity contribution in [3.8, 4) is 11.5 Å². The van der Waals surface area contributed by atoms with Gasteiger partial charge in [0.2, 0.25) is 0 Å². The number of hydrogen-bond donors (Lipinski definition) is 0. The number of hydrogen-bond acceptors (Lipinski definition) is 8. The molecular formula is C50H77BrO8. The van der Waals surface area contributed by atoms with Gasteiger partial charge in [0.05, 0.1) is 13.2 Å². The van der Waals surface area contributed by atoms with Gasteiger partial charge in [0, 0.05) is 52.1 Å². The van der Waals surface area contributed by atoms with Crippen LogP contribution in [0.25, 0.3) is 21.5 Å². The van der Waals surface area contributed by atoms with Crippen LogP contribution in [-0.2, 0) is 28.5 Å². The molecule has 3 rings (SSSR count). The van der Waals surface area contributed by atoms with Crippen molar-refractivity contribution in [2.75, 3.05) is 39.6 Å². The molecule has 0 radical (unpaired) electrons. The molecule has 0 aliphatic heterocycles. The zero-order chi connectivity index (χ0) is 42.3. The Kier molecular flexibility index (Phi) is 27.3. The first-order chi connectivity index (χ1) is 28.9. The lowest BCUT2D eigenvalue weighted by Crippen LogP contribution is -2.30. The minimum Gasteiger partial charge on any atom is -0.488 e. The lowest BCUT2D eigenvalue weighted by atomic mass is 10.0. The van der Waals surface area contributed by atoms with E-state index in [2.05, 4.69) is 43.6 Å². The van der Waals surface area contributed by atoms with Crippen molar-refractivity contribution < 1.29 is 38.0 Å². The molecule has 0 aliphatic rings. The molecule has 0 N–H and O–H groups in total. The predicted octanol–water partition coefficient (Wildman–Crippen LogP) is 14.0. The molecule has 3 aromatic rings. The summed E-state index contributed by atoms with van der Waals surface area (Å²) in [5.74, 6) is 0.946. The van der Waals surface area contributed by atoms with E-state index in [9.17, 15) is 9.59 Å². The fourth-order valence-electron chi connectivity index (χ4n) is 7.25. The maximum atomic E-state index is 13.0. The fraction of sp³-hybridized carbons (Fsp3) is 0.680. The minimum absolute atomic E-state index is 0.148. The molecule has 0 aliphatic carbocycles. The molecule has 0 spiro atoms. The van der Waals surface area contributed by atoms with Gasteiger partial charge in [0.1, 0.15) is 24.7 Å². The summed E-state index contributed by atoms with van der Waals surface area (Å²) in [5, 5.41) is 3.47. The van der Waals surface area contributed by atoms with Gasteiger partial charge >= 0.3 is 11.9 Å². The van der Waals surface area contributed by atoms with Gasteiger partial charge in [-0.1, -0.05) is 171 Å². The van der Waals surface area contributed by atoms with Crippen molar-refractivity contribution in [2.24, 2.45) is 0 Å². The second-order valence-electron chi connectivity index (χ2n) is 16.0. The highest BCUT2D eigenvalue weighted by Gasteiger charge is 2.23. The van der Waals surface area contributed by atoms with Gasteiger partial charge in [-0.25, -0.2) is 0 Å². The second kappa shape index (κ2) is 31.9. The van der Waals surface area contributed by atoms with E-state index in [1.54, 1.807) is 0 Å². The molecule has 2 atom stereocenters. The van der Waals surface area contributed by atoms with Crippen molar-refractivity contribution in [3.63, 3.8) is 0 Å². The van der Waals surface area contributed by atoms with Crippen LogP contribution in [0.5, 0.6) is 11.5 Å². The molecule has 0 fully saturated rings. The van der Waals surface area contributed by atoms with Crippen LogP contribution in [0.15, 0.2) is 46.9 Å². The molecule has 2 unspecified atom stereocenters. The largest absolute Gasteiger partial charge is 0.488 e. The quantitative estimate of drug-likeness (QED) is 0.0324. The highest BCUT2D eigenvalue weighted by molar-refractivity contribution is 9.10. The van der Waals surface area contributed by atoms with Crippen LogP contribution >= 0.6 is 15.9 Å². The smallest absolute Gasteiger partial charge is 0.306 e. The number of rotatable bonds is 36. The van der Waals surface area contributed by atoms with Crippen molar-refractivity contribution in [1.29, 1.82) is 0 Å². The molecular weight excluding hydrogens is 808 g/mol. The number of carbonyl (C=O) groups is 2. The Labute approximate surface area is 365 Å². The fourth-order valence-corrected chi connectivity index (χ4v) is 7.61. The van der Waals surface area contributed by atoms with Gasteiger partial charge in [0.25, 0.3) is 0 Å². The van der Waals surface area contributed by atoms with Crippen LogP contribution in [0.4, 0.5) is 0 Å². The number of unbranched alkanes of at least 4 members (excludes halogenated alkanes) is 16. The zero-order valence-corrected chi connectivity index (χ0v) is 38.7. The first kappa shape index (κ1) is 50.5. The maximum Gasteiger partial charge on any atom is 0.306 e. The number of esters is 2. The maximum absolute atomic E-state index is 13.0. The zero-order valence-electron chi connectivity index (χ0n) is 37.1. The van der Waals surface area contributed by atoms with Gasteiger partial charge in [-0.3, -0.25) is 9.59 Å². The first-order valence-corrected chi connectivity index (χ1v) is 24.1. The lowest BCUT2D eigenvalue weighted by Gasteiger charge is -2.23. The van der Waals surface area contributed by atoms with E-state index in [0.717, 1.165) is 103 Å². The van der Waals surface area contributed by atoms with Gasteiger partial charge in [0.15, 0.2) is 12.2 Å². The Bertz CT molecular complexity index is 1580. The van der Waals surface area contributed by atoms with Crippen LogP contribution in [0.2, 0.25) is 0 Å². The minimum atomic E-state index is -0.556. The summed E-state index contributed by atoms with van der Waals surface area (Å²) < 4.78 is 38.5. The molecule has 3 aromatic carbocycles. The molecule has 59 heavy (non-hydrogen) atoms. The van der Waals surface area contributed by atoms with Gasteiger partial charge in [-0.15, -0.1) is 0 Å². The highest BCUT2D eigenvalue weighted by atomic mass is 79.9. The van der Waals surface area contributed by atoms with Crippen molar-refractivity contribution >= 4 is 49.4 Å².